The van der Waals surface area contributed by atoms with Crippen molar-refractivity contribution in [1.82, 2.24) is 15.2 Å². The maximum Gasteiger partial charge on any atom is 0.126 e. The first-order valence-corrected chi connectivity index (χ1v) is 8.30. The molecule has 0 unspecified atom stereocenters. The molecule has 2 aromatic heterocycles. The number of nitrogens with one attached hydrogen (secondary N) is 2. The van der Waals surface area contributed by atoms with Crippen LogP contribution >= 0.6 is 11.8 Å². The van der Waals surface area contributed by atoms with E-state index in [4.69, 9.17) is 5.11 Å². The van der Waals surface area contributed by atoms with Crippen LogP contribution in [0.25, 0.3) is 10.9 Å². The molecule has 0 saturated heterocycles. The highest BCUT2D eigenvalue weighted by molar-refractivity contribution is 7.98. The predicted octanol–water partition coefficient (Wildman–Crippen LogP) is 2.80. The van der Waals surface area contributed by atoms with E-state index in [1.807, 2.05) is 30.6 Å². The van der Waals surface area contributed by atoms with Gasteiger partial charge in [0.1, 0.15) is 5.82 Å². The summed E-state index contributed by atoms with van der Waals surface area (Å²) < 4.78 is 0. The summed E-state index contributed by atoms with van der Waals surface area (Å²) in [6, 6.07) is 10.2. The van der Waals surface area contributed by atoms with Crippen molar-refractivity contribution in [1.29, 1.82) is 0 Å². The summed E-state index contributed by atoms with van der Waals surface area (Å²) in [5, 5.41) is 20.4. The highest BCUT2D eigenvalue weighted by atomic mass is 32.2. The number of nitrogens with zero attached hydrogens (tertiary/aromatic N) is 2. The van der Waals surface area contributed by atoms with E-state index < -0.39 is 0 Å². The number of hydrogen-bond donors (Lipinski definition) is 3. The number of anilines is 1. The number of H-pyrrole nitrogens is 1. The van der Waals surface area contributed by atoms with E-state index in [1.54, 1.807) is 11.8 Å². The fraction of sp³-hybridized carbons (Fsp3) is 0.250. The highest BCUT2D eigenvalue weighted by Gasteiger charge is 2.03. The summed E-state index contributed by atoms with van der Waals surface area (Å²) in [5.41, 5.74) is 3.43. The summed E-state index contributed by atoms with van der Waals surface area (Å²) in [6.45, 7) is 0.912. The van der Waals surface area contributed by atoms with Crippen molar-refractivity contribution in [2.45, 2.75) is 12.3 Å². The van der Waals surface area contributed by atoms with E-state index in [-0.39, 0.29) is 6.61 Å². The Balaban J connectivity index is 1.66. The number of rotatable bonds is 7. The molecule has 22 heavy (non-hydrogen) atoms. The topological polar surface area (TPSA) is 73.8 Å². The molecule has 1 aromatic carbocycles. The van der Waals surface area contributed by atoms with Gasteiger partial charge < -0.3 is 10.4 Å². The quantitative estimate of drug-likeness (QED) is 0.585. The molecule has 0 fully saturated rings. The number of aliphatic hydroxyl groups excluding tert-OH is 1. The molecule has 3 rings (SSSR count). The monoisotopic (exact) mass is 314 g/mol. The van der Waals surface area contributed by atoms with E-state index >= 15 is 0 Å². The summed E-state index contributed by atoms with van der Waals surface area (Å²) in [6.07, 6.45) is 3.64. The van der Waals surface area contributed by atoms with Crippen LogP contribution in [0.1, 0.15) is 11.1 Å². The predicted molar refractivity (Wildman–Crippen MR) is 90.9 cm³/mol. The van der Waals surface area contributed by atoms with Gasteiger partial charge in [0.05, 0.1) is 18.3 Å². The van der Waals surface area contributed by atoms with Gasteiger partial charge in [-0.2, -0.15) is 16.9 Å². The second-order valence-electron chi connectivity index (χ2n) is 4.93. The minimum Gasteiger partial charge on any atom is -0.396 e. The Morgan fingerprint density at radius 3 is 3.14 bits per heavy atom. The number of pyridine rings is 1. The van der Waals surface area contributed by atoms with Gasteiger partial charge in [-0.15, -0.1) is 0 Å². The molecule has 0 aliphatic rings. The molecule has 0 radical (unpaired) electrons. The highest BCUT2D eigenvalue weighted by Crippen LogP contribution is 2.18. The first-order valence-electron chi connectivity index (χ1n) is 7.15. The Morgan fingerprint density at radius 1 is 1.27 bits per heavy atom. The normalized spacial score (nSPS) is 11.0. The number of aromatic nitrogens is 3. The lowest BCUT2D eigenvalue weighted by Crippen LogP contribution is -2.02. The van der Waals surface area contributed by atoms with Gasteiger partial charge in [-0.3, -0.25) is 5.10 Å². The molecule has 0 aliphatic heterocycles. The number of para-hydroxylation sites is 1. The molecule has 0 spiro atoms. The lowest BCUT2D eigenvalue weighted by molar-refractivity contribution is 0.322. The third kappa shape index (κ3) is 3.58. The molecule has 114 valence electrons. The average molecular weight is 314 g/mol. The number of aliphatic hydroxyl groups is 1. The Labute approximate surface area is 133 Å². The molecule has 0 bridgehead atoms. The molecule has 6 heteroatoms. The van der Waals surface area contributed by atoms with Crippen LogP contribution in [0.5, 0.6) is 0 Å². The number of aromatic amines is 1. The smallest absolute Gasteiger partial charge is 0.126 e. The minimum absolute atomic E-state index is 0.217. The third-order valence-corrected chi connectivity index (χ3v) is 4.36. The molecular weight excluding hydrogens is 296 g/mol. The molecule has 3 aromatic rings. The molecule has 2 heterocycles. The molecular formula is C16H18N4OS. The zero-order valence-corrected chi connectivity index (χ0v) is 12.9. The Hall–Kier alpha value is -2.05. The van der Waals surface area contributed by atoms with E-state index in [9.17, 15) is 0 Å². The van der Waals surface area contributed by atoms with Crippen LogP contribution < -0.4 is 5.32 Å². The summed E-state index contributed by atoms with van der Waals surface area (Å²) in [7, 11) is 0. The van der Waals surface area contributed by atoms with Gasteiger partial charge in [-0.05, 0) is 23.3 Å². The maximum absolute atomic E-state index is 8.82. The molecule has 0 atom stereocenters. The number of thioether (sulfide) groups is 1. The number of fused-ring (bicyclic) bond motifs is 1. The van der Waals surface area contributed by atoms with Crippen LogP contribution in [-0.4, -0.2) is 32.6 Å². The summed E-state index contributed by atoms with van der Waals surface area (Å²) in [4.78, 5) is 4.35. The average Bonchev–Trinajstić information content (AvgIpc) is 3.03. The maximum atomic E-state index is 8.82. The van der Waals surface area contributed by atoms with Crippen LogP contribution in [0.15, 0.2) is 42.7 Å². The fourth-order valence-corrected chi connectivity index (χ4v) is 2.97. The molecule has 5 nitrogen and oxygen atoms in total. The van der Waals surface area contributed by atoms with E-state index in [1.165, 1.54) is 5.56 Å². The van der Waals surface area contributed by atoms with Gasteiger partial charge in [-0.25, -0.2) is 4.98 Å². The second kappa shape index (κ2) is 7.29. The van der Waals surface area contributed by atoms with Crippen molar-refractivity contribution in [3.63, 3.8) is 0 Å². The first kappa shape index (κ1) is 14.9. The Bertz CT molecular complexity index is 744. The fourth-order valence-electron chi connectivity index (χ4n) is 2.28. The van der Waals surface area contributed by atoms with E-state index in [0.29, 0.717) is 6.54 Å². The third-order valence-electron chi connectivity index (χ3n) is 3.35. The van der Waals surface area contributed by atoms with Gasteiger partial charge in [-0.1, -0.05) is 18.2 Å². The van der Waals surface area contributed by atoms with Crippen molar-refractivity contribution in [3.8, 4) is 0 Å². The summed E-state index contributed by atoms with van der Waals surface area (Å²) >= 11 is 1.71. The SMILES string of the molecule is OCCSCc1ccnc(NCc2cccc3cn[nH]c23)c1. The van der Waals surface area contributed by atoms with Crippen molar-refractivity contribution in [2.24, 2.45) is 0 Å². The van der Waals surface area contributed by atoms with Gasteiger partial charge in [0, 0.05) is 29.6 Å². The lowest BCUT2D eigenvalue weighted by atomic mass is 10.1. The van der Waals surface area contributed by atoms with Crippen LogP contribution in [0, 0.1) is 0 Å². The van der Waals surface area contributed by atoms with Crippen LogP contribution in [0.3, 0.4) is 0 Å². The molecule has 3 N–H and O–H groups in total. The molecule has 0 aliphatic carbocycles. The Morgan fingerprint density at radius 2 is 2.23 bits per heavy atom. The van der Waals surface area contributed by atoms with Crippen LogP contribution in [0.2, 0.25) is 0 Å². The van der Waals surface area contributed by atoms with Crippen LogP contribution in [-0.2, 0) is 12.3 Å². The van der Waals surface area contributed by atoms with E-state index in [2.05, 4.69) is 32.6 Å². The van der Waals surface area contributed by atoms with Gasteiger partial charge >= 0.3 is 0 Å². The van der Waals surface area contributed by atoms with E-state index in [0.717, 1.165) is 33.8 Å². The Kier molecular flexibility index (Phi) is 4.92. The first-order chi connectivity index (χ1) is 10.9. The molecule has 0 amide bonds. The van der Waals surface area contributed by atoms with Crippen LogP contribution in [0.4, 0.5) is 5.82 Å². The second-order valence-corrected chi connectivity index (χ2v) is 6.04. The summed E-state index contributed by atoms with van der Waals surface area (Å²) in [5.74, 6) is 2.50. The zero-order chi connectivity index (χ0) is 15.2. The van der Waals surface area contributed by atoms with Gasteiger partial charge in [0.25, 0.3) is 0 Å². The van der Waals surface area contributed by atoms with Gasteiger partial charge in [0.15, 0.2) is 0 Å². The molecule has 0 saturated carbocycles. The number of benzene rings is 1. The van der Waals surface area contributed by atoms with Crippen molar-refractivity contribution >= 4 is 28.5 Å². The van der Waals surface area contributed by atoms with Crippen molar-refractivity contribution in [3.05, 3.63) is 53.9 Å². The van der Waals surface area contributed by atoms with Crippen molar-refractivity contribution in [2.75, 3.05) is 17.7 Å². The van der Waals surface area contributed by atoms with Crippen molar-refractivity contribution < 1.29 is 5.11 Å². The largest absolute Gasteiger partial charge is 0.396 e. The minimum atomic E-state index is 0.217. The van der Waals surface area contributed by atoms with Gasteiger partial charge in [0.2, 0.25) is 0 Å². The lowest BCUT2D eigenvalue weighted by Gasteiger charge is -2.08. The zero-order valence-electron chi connectivity index (χ0n) is 12.1. The number of hydrogen-bond acceptors (Lipinski definition) is 5. The standard InChI is InChI=1S/C16H18N4OS/c21-6-7-22-11-12-4-5-17-15(8-12)18-9-13-2-1-3-14-10-19-20-16(13)14/h1-5,8,10,21H,6-7,9,11H2,(H,17,18)(H,19,20).